The summed E-state index contributed by atoms with van der Waals surface area (Å²) in [5.41, 5.74) is 1.27. The van der Waals surface area contributed by atoms with Gasteiger partial charge in [0, 0.05) is 23.9 Å². The van der Waals surface area contributed by atoms with Crippen LogP contribution >= 0.6 is 0 Å². The van der Waals surface area contributed by atoms with Crippen molar-refractivity contribution >= 4 is 17.7 Å². The molecule has 0 N–H and O–H groups in total. The number of hydrogen-bond donors (Lipinski definition) is 0. The molecule has 2 heterocycles. The minimum Gasteiger partial charge on any atom is -0.493 e. The lowest BCUT2D eigenvalue weighted by Crippen LogP contribution is -2.44. The first kappa shape index (κ1) is 14.1. The standard InChI is InChI=1S/C16H20N2O3/c1-20-15-7-12-13(8-16(15)21-2)17-9-11-5-3-4-6-18(11)10-14(12)19/h7-9,11H,3-6,10H2,1-2H3/b17-9-/t11-/m0/s1. The number of nitrogens with zero attached hydrogens (tertiary/aromatic N) is 2. The number of rotatable bonds is 2. The number of carbonyl (C=O) groups is 1. The SMILES string of the molecule is COc1cc2c(cc1OC)C(=O)CN1CCCC[C@H]1/C=N\2. The molecule has 1 saturated heterocycles. The van der Waals surface area contributed by atoms with Crippen molar-refractivity contribution in [3.05, 3.63) is 17.7 Å². The highest BCUT2D eigenvalue weighted by Crippen LogP contribution is 2.36. The summed E-state index contributed by atoms with van der Waals surface area (Å²) in [5.74, 6) is 1.26. The Hall–Kier alpha value is -1.88. The molecule has 2 aliphatic rings. The van der Waals surface area contributed by atoms with Crippen LogP contribution in [0.3, 0.4) is 0 Å². The summed E-state index contributed by atoms with van der Waals surface area (Å²) >= 11 is 0. The van der Waals surface area contributed by atoms with Crippen molar-refractivity contribution in [2.45, 2.75) is 25.3 Å². The molecule has 5 heteroatoms. The number of hydrogen-bond acceptors (Lipinski definition) is 5. The van der Waals surface area contributed by atoms with E-state index >= 15 is 0 Å². The van der Waals surface area contributed by atoms with E-state index in [2.05, 4.69) is 9.89 Å². The number of carbonyl (C=O) groups excluding carboxylic acids is 1. The van der Waals surface area contributed by atoms with Crippen LogP contribution in [0.2, 0.25) is 0 Å². The predicted molar refractivity (Wildman–Crippen MR) is 81.2 cm³/mol. The number of benzene rings is 1. The number of methoxy groups -OCH3 is 2. The van der Waals surface area contributed by atoms with Crippen molar-refractivity contribution in [3.63, 3.8) is 0 Å². The van der Waals surface area contributed by atoms with Gasteiger partial charge in [-0.15, -0.1) is 0 Å². The highest BCUT2D eigenvalue weighted by molar-refractivity contribution is 6.04. The molecule has 1 aromatic rings. The first-order valence-electron chi connectivity index (χ1n) is 7.30. The quantitative estimate of drug-likeness (QED) is 0.839. The van der Waals surface area contributed by atoms with Crippen molar-refractivity contribution < 1.29 is 14.3 Å². The summed E-state index contributed by atoms with van der Waals surface area (Å²) < 4.78 is 10.6. The van der Waals surface area contributed by atoms with Crippen molar-refractivity contribution in [1.82, 2.24) is 4.90 Å². The third kappa shape index (κ3) is 2.65. The molecule has 2 aliphatic heterocycles. The maximum Gasteiger partial charge on any atom is 0.179 e. The summed E-state index contributed by atoms with van der Waals surface area (Å²) in [6.07, 6.45) is 5.38. The van der Waals surface area contributed by atoms with Gasteiger partial charge in [-0.1, -0.05) is 6.42 Å². The minimum absolute atomic E-state index is 0.0923. The van der Waals surface area contributed by atoms with Crippen LogP contribution < -0.4 is 9.47 Å². The van der Waals surface area contributed by atoms with E-state index in [-0.39, 0.29) is 11.8 Å². The van der Waals surface area contributed by atoms with Crippen LogP contribution in [0, 0.1) is 0 Å². The van der Waals surface area contributed by atoms with Gasteiger partial charge in [-0.25, -0.2) is 0 Å². The van der Waals surface area contributed by atoms with Gasteiger partial charge in [-0.05, 0) is 25.5 Å². The third-order valence-corrected chi connectivity index (χ3v) is 4.20. The predicted octanol–water partition coefficient (Wildman–Crippen LogP) is 2.46. The molecule has 0 aromatic heterocycles. The van der Waals surface area contributed by atoms with Gasteiger partial charge in [0.05, 0.1) is 26.5 Å². The van der Waals surface area contributed by atoms with E-state index in [1.54, 1.807) is 26.4 Å². The van der Waals surface area contributed by atoms with E-state index in [0.717, 1.165) is 19.4 Å². The summed E-state index contributed by atoms with van der Waals surface area (Å²) in [4.78, 5) is 19.3. The first-order chi connectivity index (χ1) is 10.2. The maximum atomic E-state index is 12.6. The number of ether oxygens (including phenoxy) is 2. The number of piperidine rings is 1. The zero-order valence-electron chi connectivity index (χ0n) is 12.5. The van der Waals surface area contributed by atoms with E-state index in [1.165, 1.54) is 6.42 Å². The van der Waals surface area contributed by atoms with Crippen LogP contribution in [0.4, 0.5) is 5.69 Å². The fraction of sp³-hybridized carbons (Fsp3) is 0.500. The normalized spacial score (nSPS) is 23.5. The summed E-state index contributed by atoms with van der Waals surface area (Å²) in [6.45, 7) is 1.41. The molecule has 5 nitrogen and oxygen atoms in total. The minimum atomic E-state index is 0.0923. The van der Waals surface area contributed by atoms with Gasteiger partial charge in [0.2, 0.25) is 0 Å². The number of fused-ring (bicyclic) bond motifs is 2. The van der Waals surface area contributed by atoms with Gasteiger partial charge in [0.1, 0.15) is 0 Å². The molecule has 0 radical (unpaired) electrons. The van der Waals surface area contributed by atoms with E-state index in [1.807, 2.05) is 6.21 Å². The average molecular weight is 288 g/mol. The van der Waals surface area contributed by atoms with Crippen molar-refractivity contribution in [2.75, 3.05) is 27.3 Å². The molecule has 21 heavy (non-hydrogen) atoms. The summed E-state index contributed by atoms with van der Waals surface area (Å²) in [6, 6.07) is 3.78. The molecule has 1 fully saturated rings. The van der Waals surface area contributed by atoms with Gasteiger partial charge in [0.25, 0.3) is 0 Å². The Kier molecular flexibility index (Phi) is 3.92. The molecule has 0 unspecified atom stereocenters. The summed E-state index contributed by atoms with van der Waals surface area (Å²) in [7, 11) is 3.16. The van der Waals surface area contributed by atoms with Gasteiger partial charge in [-0.3, -0.25) is 14.7 Å². The van der Waals surface area contributed by atoms with Crippen LogP contribution in [0.25, 0.3) is 0 Å². The summed E-state index contributed by atoms with van der Waals surface area (Å²) in [5, 5.41) is 0. The zero-order valence-corrected chi connectivity index (χ0v) is 12.5. The number of Topliss-reactive ketones (excluding diaryl/α,β-unsaturated/α-hetero) is 1. The third-order valence-electron chi connectivity index (χ3n) is 4.20. The molecule has 3 rings (SSSR count). The topological polar surface area (TPSA) is 51.1 Å². The van der Waals surface area contributed by atoms with E-state index in [9.17, 15) is 4.79 Å². The Morgan fingerprint density at radius 1 is 1.19 bits per heavy atom. The molecule has 0 spiro atoms. The highest BCUT2D eigenvalue weighted by atomic mass is 16.5. The Morgan fingerprint density at radius 2 is 1.95 bits per heavy atom. The highest BCUT2D eigenvalue weighted by Gasteiger charge is 2.27. The van der Waals surface area contributed by atoms with Crippen LogP contribution in [0.1, 0.15) is 29.6 Å². The zero-order chi connectivity index (χ0) is 14.8. The average Bonchev–Trinajstić information content (AvgIpc) is 2.51. The second-order valence-corrected chi connectivity index (χ2v) is 5.46. The van der Waals surface area contributed by atoms with Crippen LogP contribution in [0.15, 0.2) is 17.1 Å². The van der Waals surface area contributed by atoms with Crippen molar-refractivity contribution in [3.8, 4) is 11.5 Å². The second-order valence-electron chi connectivity index (χ2n) is 5.46. The molecule has 112 valence electrons. The number of aliphatic imine (C=N–C) groups is 1. The lowest BCUT2D eigenvalue weighted by molar-refractivity contribution is 0.0892. The molecule has 0 bridgehead atoms. The van der Waals surface area contributed by atoms with Gasteiger partial charge in [0.15, 0.2) is 17.3 Å². The van der Waals surface area contributed by atoms with Crippen molar-refractivity contribution in [1.29, 1.82) is 0 Å². The smallest absolute Gasteiger partial charge is 0.179 e. The molecule has 0 saturated carbocycles. The van der Waals surface area contributed by atoms with Gasteiger partial charge < -0.3 is 9.47 Å². The van der Waals surface area contributed by atoms with E-state index in [0.29, 0.717) is 29.3 Å². The second kappa shape index (κ2) is 5.85. The van der Waals surface area contributed by atoms with E-state index < -0.39 is 0 Å². The maximum absolute atomic E-state index is 12.6. The molecule has 0 amide bonds. The number of ketones is 1. The van der Waals surface area contributed by atoms with Crippen LogP contribution in [-0.2, 0) is 0 Å². The van der Waals surface area contributed by atoms with Crippen molar-refractivity contribution in [2.24, 2.45) is 4.99 Å². The molecule has 0 aliphatic carbocycles. The first-order valence-corrected chi connectivity index (χ1v) is 7.30. The Bertz CT molecular complexity index is 583. The fourth-order valence-electron chi connectivity index (χ4n) is 3.02. The molecule has 1 atom stereocenters. The molecular weight excluding hydrogens is 268 g/mol. The Balaban J connectivity index is 2.04. The monoisotopic (exact) mass is 288 g/mol. The molecule has 1 aromatic carbocycles. The van der Waals surface area contributed by atoms with Crippen LogP contribution in [-0.4, -0.2) is 50.2 Å². The van der Waals surface area contributed by atoms with E-state index in [4.69, 9.17) is 9.47 Å². The molecular formula is C16H20N2O3. The lowest BCUT2D eigenvalue weighted by Gasteiger charge is -2.33. The Labute approximate surface area is 124 Å². The largest absolute Gasteiger partial charge is 0.493 e. The fourth-order valence-corrected chi connectivity index (χ4v) is 3.02. The lowest BCUT2D eigenvalue weighted by atomic mass is 9.99. The van der Waals surface area contributed by atoms with Gasteiger partial charge >= 0.3 is 0 Å². The Morgan fingerprint density at radius 3 is 2.71 bits per heavy atom. The van der Waals surface area contributed by atoms with Gasteiger partial charge in [-0.2, -0.15) is 0 Å². The van der Waals surface area contributed by atoms with Crippen LogP contribution in [0.5, 0.6) is 11.5 Å².